The van der Waals surface area contributed by atoms with Gasteiger partial charge in [0.2, 0.25) is 0 Å². The fourth-order valence-electron chi connectivity index (χ4n) is 2.46. The normalized spacial score (nSPS) is 11.8. The molecule has 0 aliphatic carbocycles. The lowest BCUT2D eigenvalue weighted by atomic mass is 10.4. The molecule has 2 aromatic rings. The molecule has 0 bridgehead atoms. The van der Waals surface area contributed by atoms with E-state index in [0.717, 1.165) is 0 Å². The third-order valence-electron chi connectivity index (χ3n) is 3.71. The third-order valence-corrected chi connectivity index (χ3v) is 6.21. The van der Waals surface area contributed by atoms with E-state index in [9.17, 15) is 4.57 Å². The second kappa shape index (κ2) is 9.72. The van der Waals surface area contributed by atoms with Gasteiger partial charge in [0.1, 0.15) is 0 Å². The minimum atomic E-state index is -3.17. The molecule has 24 heavy (non-hydrogen) atoms. The lowest BCUT2D eigenvalue weighted by Gasteiger charge is -2.23. The van der Waals surface area contributed by atoms with Gasteiger partial charge in [0, 0.05) is 30.2 Å². The molecule has 0 radical (unpaired) electrons. The Balaban J connectivity index is 2.15. The van der Waals surface area contributed by atoms with Crippen LogP contribution in [0.25, 0.3) is 0 Å². The van der Waals surface area contributed by atoms with E-state index in [1.54, 1.807) is 0 Å². The van der Waals surface area contributed by atoms with Crippen molar-refractivity contribution in [2.75, 3.05) is 39.5 Å². The van der Waals surface area contributed by atoms with Crippen LogP contribution in [0.5, 0.6) is 0 Å². The molecule has 0 fully saturated rings. The van der Waals surface area contributed by atoms with Crippen molar-refractivity contribution in [1.82, 2.24) is 4.90 Å². The molecule has 5 nitrogen and oxygen atoms in total. The molecule has 0 aliphatic rings. The van der Waals surface area contributed by atoms with E-state index in [4.69, 9.17) is 14.7 Å². The number of nitrogens with zero attached hydrogens (tertiary/aromatic N) is 1. The molecule has 0 saturated carbocycles. The van der Waals surface area contributed by atoms with Crippen LogP contribution in [0.4, 0.5) is 0 Å². The highest BCUT2D eigenvalue weighted by atomic mass is 31.2. The summed E-state index contributed by atoms with van der Waals surface area (Å²) in [5.41, 5.74) is 0. The van der Waals surface area contributed by atoms with Gasteiger partial charge in [-0.3, -0.25) is 9.46 Å². The largest absolute Gasteiger partial charge is 0.395 e. The van der Waals surface area contributed by atoms with E-state index >= 15 is 0 Å². The first-order valence-electron chi connectivity index (χ1n) is 8.00. The molecule has 0 atom stereocenters. The second-order valence-corrected chi connectivity index (χ2v) is 7.74. The smallest absolute Gasteiger partial charge is 0.261 e. The van der Waals surface area contributed by atoms with E-state index < -0.39 is 7.37 Å². The third kappa shape index (κ3) is 5.00. The zero-order valence-electron chi connectivity index (χ0n) is 13.6. The van der Waals surface area contributed by atoms with Crippen LogP contribution in [0, 0.1) is 0 Å². The standard InChI is InChI=1S/C18H24NO4P/c20-14-11-19(12-15-21)13-16-23-24(22,17-7-3-1-4-8-17)18-9-5-2-6-10-18/h1-10,20-21H,11-16H2. The molecule has 0 spiro atoms. The molecule has 0 aliphatic heterocycles. The van der Waals surface area contributed by atoms with Crippen LogP contribution in [0.2, 0.25) is 0 Å². The second-order valence-electron chi connectivity index (χ2n) is 5.34. The average molecular weight is 349 g/mol. The SMILES string of the molecule is O=P(OCCN(CCO)CCO)(c1ccccc1)c1ccccc1. The van der Waals surface area contributed by atoms with Crippen molar-refractivity contribution in [2.45, 2.75) is 0 Å². The molecule has 2 N–H and O–H groups in total. The predicted octanol–water partition coefficient (Wildman–Crippen LogP) is 1.22. The van der Waals surface area contributed by atoms with Crippen LogP contribution in [0.15, 0.2) is 60.7 Å². The molecule has 0 aromatic heterocycles. The summed E-state index contributed by atoms with van der Waals surface area (Å²) in [4.78, 5) is 1.88. The summed E-state index contributed by atoms with van der Waals surface area (Å²) in [6.45, 7) is 1.66. The maximum absolute atomic E-state index is 13.6. The Bertz CT molecular complexity index is 586. The minimum absolute atomic E-state index is 0.00896. The molecular weight excluding hydrogens is 325 g/mol. The van der Waals surface area contributed by atoms with Crippen LogP contribution in [0.3, 0.4) is 0 Å². The molecule has 6 heteroatoms. The summed E-state index contributed by atoms with van der Waals surface area (Å²) in [6, 6.07) is 18.4. The van der Waals surface area contributed by atoms with E-state index in [-0.39, 0.29) is 19.8 Å². The summed E-state index contributed by atoms with van der Waals surface area (Å²) in [5.74, 6) is 0. The van der Waals surface area contributed by atoms with Crippen molar-refractivity contribution in [3.05, 3.63) is 60.7 Å². The molecule has 2 rings (SSSR count). The van der Waals surface area contributed by atoms with E-state index in [2.05, 4.69) is 0 Å². The van der Waals surface area contributed by atoms with Crippen molar-refractivity contribution >= 4 is 18.0 Å². The summed E-state index contributed by atoms with van der Waals surface area (Å²) in [5, 5.41) is 19.4. The topological polar surface area (TPSA) is 70.0 Å². The average Bonchev–Trinajstić information content (AvgIpc) is 2.63. The molecule has 130 valence electrons. The number of benzene rings is 2. The van der Waals surface area contributed by atoms with Gasteiger partial charge in [0.15, 0.2) is 0 Å². The Morgan fingerprint density at radius 1 is 0.792 bits per heavy atom. The number of aliphatic hydroxyl groups excluding tert-OH is 2. The van der Waals surface area contributed by atoms with Gasteiger partial charge in [-0.15, -0.1) is 0 Å². The molecule has 2 aromatic carbocycles. The lowest BCUT2D eigenvalue weighted by Crippen LogP contribution is -2.33. The summed E-state index contributed by atoms with van der Waals surface area (Å²) in [6.07, 6.45) is 0. The zero-order valence-corrected chi connectivity index (χ0v) is 14.5. The first-order chi connectivity index (χ1) is 11.7. The van der Waals surface area contributed by atoms with Crippen LogP contribution in [-0.2, 0) is 9.09 Å². The monoisotopic (exact) mass is 349 g/mol. The maximum atomic E-state index is 13.6. The lowest BCUT2D eigenvalue weighted by molar-refractivity contribution is 0.143. The Labute approximate surface area is 143 Å². The van der Waals surface area contributed by atoms with Crippen molar-refractivity contribution in [3.63, 3.8) is 0 Å². The van der Waals surface area contributed by atoms with Gasteiger partial charge in [-0.25, -0.2) is 0 Å². The van der Waals surface area contributed by atoms with Crippen molar-refractivity contribution in [3.8, 4) is 0 Å². The Hall–Kier alpha value is -1.49. The van der Waals surface area contributed by atoms with Crippen molar-refractivity contribution in [1.29, 1.82) is 0 Å². The van der Waals surface area contributed by atoms with Crippen LogP contribution in [0.1, 0.15) is 0 Å². The highest BCUT2D eigenvalue weighted by Gasteiger charge is 2.28. The summed E-state index contributed by atoms with van der Waals surface area (Å²) in [7, 11) is -3.17. The van der Waals surface area contributed by atoms with Gasteiger partial charge < -0.3 is 14.7 Å². The van der Waals surface area contributed by atoms with Gasteiger partial charge in [-0.05, 0) is 24.3 Å². The Morgan fingerprint density at radius 3 is 1.67 bits per heavy atom. The van der Waals surface area contributed by atoms with Crippen LogP contribution < -0.4 is 10.6 Å². The van der Waals surface area contributed by atoms with E-state index in [0.29, 0.717) is 30.2 Å². The van der Waals surface area contributed by atoms with Gasteiger partial charge in [-0.2, -0.15) is 0 Å². The Kier molecular flexibility index (Phi) is 7.63. The van der Waals surface area contributed by atoms with Gasteiger partial charge >= 0.3 is 0 Å². The maximum Gasteiger partial charge on any atom is 0.261 e. The predicted molar refractivity (Wildman–Crippen MR) is 96.3 cm³/mol. The van der Waals surface area contributed by atoms with Gasteiger partial charge in [0.05, 0.1) is 19.8 Å². The molecule has 0 amide bonds. The highest BCUT2D eigenvalue weighted by Crippen LogP contribution is 2.44. The molecule has 0 heterocycles. The number of hydrogen-bond donors (Lipinski definition) is 2. The molecular formula is C18H24NO4P. The van der Waals surface area contributed by atoms with Crippen molar-refractivity contribution in [2.24, 2.45) is 0 Å². The van der Waals surface area contributed by atoms with Gasteiger partial charge in [0.25, 0.3) is 7.37 Å². The highest BCUT2D eigenvalue weighted by molar-refractivity contribution is 7.74. The van der Waals surface area contributed by atoms with Gasteiger partial charge in [-0.1, -0.05) is 36.4 Å². The summed E-state index contributed by atoms with van der Waals surface area (Å²) >= 11 is 0. The number of hydrogen-bond acceptors (Lipinski definition) is 5. The number of rotatable bonds is 10. The fourth-order valence-corrected chi connectivity index (χ4v) is 4.53. The molecule has 0 unspecified atom stereocenters. The van der Waals surface area contributed by atoms with E-state index in [1.807, 2.05) is 65.6 Å². The summed E-state index contributed by atoms with van der Waals surface area (Å²) < 4.78 is 19.4. The molecule has 0 saturated heterocycles. The van der Waals surface area contributed by atoms with Crippen LogP contribution >= 0.6 is 7.37 Å². The van der Waals surface area contributed by atoms with Crippen LogP contribution in [-0.4, -0.2) is 54.6 Å². The minimum Gasteiger partial charge on any atom is -0.395 e. The first-order valence-corrected chi connectivity index (χ1v) is 9.63. The number of aliphatic hydroxyl groups is 2. The zero-order chi connectivity index (χ0) is 17.3. The Morgan fingerprint density at radius 2 is 1.25 bits per heavy atom. The van der Waals surface area contributed by atoms with E-state index in [1.165, 1.54) is 0 Å². The first kappa shape index (κ1) is 18.8. The quantitative estimate of drug-likeness (QED) is 0.631. The van der Waals surface area contributed by atoms with Crippen molar-refractivity contribution < 1.29 is 19.3 Å². The fraction of sp³-hybridized carbons (Fsp3) is 0.333.